The highest BCUT2D eigenvalue weighted by molar-refractivity contribution is 7.47. The van der Waals surface area contributed by atoms with Gasteiger partial charge < -0.3 is 39.9 Å². The topological polar surface area (TPSA) is 210 Å². The molecular formula is C47H89O13P. The Bertz CT molecular complexity index is 1120. The molecule has 360 valence electrons. The number of allylic oxidation sites excluding steroid dienone is 2. The van der Waals surface area contributed by atoms with Gasteiger partial charge in [0, 0.05) is 12.8 Å². The molecule has 0 aromatic carbocycles. The Hall–Kier alpha value is -1.41. The van der Waals surface area contributed by atoms with E-state index >= 15 is 0 Å². The van der Waals surface area contributed by atoms with E-state index in [1.54, 1.807) is 0 Å². The van der Waals surface area contributed by atoms with E-state index in [-0.39, 0.29) is 12.8 Å². The molecule has 0 aromatic heterocycles. The maximum Gasteiger partial charge on any atom is 0.472 e. The predicted molar refractivity (Wildman–Crippen MR) is 240 cm³/mol. The number of carbonyl (C=O) groups excluding carboxylic acids is 2. The minimum atomic E-state index is -5.11. The average Bonchev–Trinajstić information content (AvgIpc) is 3.24. The van der Waals surface area contributed by atoms with Gasteiger partial charge in [0.05, 0.1) is 6.61 Å². The van der Waals surface area contributed by atoms with Gasteiger partial charge >= 0.3 is 19.8 Å². The van der Waals surface area contributed by atoms with E-state index in [4.69, 9.17) is 18.5 Å². The lowest BCUT2D eigenvalue weighted by atomic mass is 9.85. The fourth-order valence-electron chi connectivity index (χ4n) is 7.64. The summed E-state index contributed by atoms with van der Waals surface area (Å²) in [7, 11) is -5.11. The number of hydrogen-bond donors (Lipinski definition) is 6. The van der Waals surface area contributed by atoms with E-state index in [1.807, 2.05) is 0 Å². The normalized spacial score (nSPS) is 22.0. The van der Waals surface area contributed by atoms with Gasteiger partial charge in [0.15, 0.2) is 6.10 Å². The number of unbranched alkanes of at least 4 members (excludes halogenated alkanes) is 27. The van der Waals surface area contributed by atoms with Crippen molar-refractivity contribution in [2.24, 2.45) is 0 Å². The van der Waals surface area contributed by atoms with Crippen molar-refractivity contribution in [1.29, 1.82) is 0 Å². The third kappa shape index (κ3) is 30.4. The van der Waals surface area contributed by atoms with Crippen molar-refractivity contribution < 1.29 is 63.1 Å². The summed E-state index contributed by atoms with van der Waals surface area (Å²) in [6.45, 7) is 3.29. The van der Waals surface area contributed by atoms with Crippen molar-refractivity contribution in [2.75, 3.05) is 13.2 Å². The molecule has 1 aliphatic carbocycles. The Morgan fingerprint density at radius 1 is 0.492 bits per heavy atom. The minimum absolute atomic E-state index is 0.100. The van der Waals surface area contributed by atoms with Gasteiger partial charge in [0.2, 0.25) is 0 Å². The van der Waals surface area contributed by atoms with Crippen molar-refractivity contribution >= 4 is 19.8 Å². The Morgan fingerprint density at radius 3 is 1.25 bits per heavy atom. The zero-order valence-corrected chi connectivity index (χ0v) is 39.1. The Morgan fingerprint density at radius 2 is 0.836 bits per heavy atom. The third-order valence-electron chi connectivity index (χ3n) is 11.6. The second-order valence-corrected chi connectivity index (χ2v) is 18.7. The van der Waals surface area contributed by atoms with Gasteiger partial charge in [0.25, 0.3) is 0 Å². The first kappa shape index (κ1) is 57.6. The lowest BCUT2D eigenvalue weighted by Crippen LogP contribution is -2.64. The van der Waals surface area contributed by atoms with Crippen molar-refractivity contribution in [3.63, 3.8) is 0 Å². The van der Waals surface area contributed by atoms with Crippen LogP contribution < -0.4 is 0 Å². The van der Waals surface area contributed by atoms with Crippen LogP contribution in [-0.2, 0) is 32.7 Å². The molecule has 13 nitrogen and oxygen atoms in total. The van der Waals surface area contributed by atoms with Crippen molar-refractivity contribution in [2.45, 2.75) is 262 Å². The van der Waals surface area contributed by atoms with Crippen LogP contribution >= 0.6 is 7.82 Å². The molecule has 0 radical (unpaired) electrons. The molecule has 6 atom stereocenters. The molecule has 1 rings (SSSR count). The number of phosphoric ester groups is 1. The average molecular weight is 893 g/mol. The molecule has 1 aliphatic rings. The van der Waals surface area contributed by atoms with Gasteiger partial charge in [-0.2, -0.15) is 0 Å². The summed E-state index contributed by atoms with van der Waals surface area (Å²) < 4.78 is 33.5. The maximum atomic E-state index is 12.8. The number of rotatable bonds is 41. The number of ether oxygens (including phenoxy) is 2. The number of carbonyl (C=O) groups is 2. The van der Waals surface area contributed by atoms with E-state index < -0.39 is 75.7 Å². The molecule has 1 fully saturated rings. The molecule has 0 heterocycles. The van der Waals surface area contributed by atoms with Crippen LogP contribution in [-0.4, -0.2) is 98.3 Å². The van der Waals surface area contributed by atoms with Crippen LogP contribution in [0.3, 0.4) is 0 Å². The Balaban J connectivity index is 2.34. The van der Waals surface area contributed by atoms with Gasteiger partial charge in [0.1, 0.15) is 43.2 Å². The number of esters is 2. The molecular weight excluding hydrogens is 803 g/mol. The standard InChI is InChI=1S/C47H89O13P/c1-3-5-7-9-11-13-14-15-16-17-18-19-20-21-22-23-24-25-26-28-30-32-34-36-41(49)59-39(37-57-40(48)35-33-31-29-27-12-10-8-6-4-2)38-58-61(55,56)60-47-45(53)43(51)42(50)44(52)46(47)54/h17-18,39,42-47,50-54H,3-16,19-38H2,1-2H3,(H,55,56)/b18-17-. The zero-order chi connectivity index (χ0) is 45.0. The lowest BCUT2D eigenvalue weighted by molar-refractivity contribution is -0.220. The van der Waals surface area contributed by atoms with Crippen LogP contribution in [0.25, 0.3) is 0 Å². The Kier molecular flexibility index (Phi) is 35.8. The van der Waals surface area contributed by atoms with Crippen LogP contribution in [0.15, 0.2) is 12.2 Å². The monoisotopic (exact) mass is 893 g/mol. The first-order valence-corrected chi connectivity index (χ1v) is 26.0. The van der Waals surface area contributed by atoms with E-state index in [0.29, 0.717) is 12.8 Å². The van der Waals surface area contributed by atoms with Gasteiger partial charge in [-0.3, -0.25) is 18.6 Å². The summed E-state index contributed by atoms with van der Waals surface area (Å²) in [5, 5.41) is 50.1. The molecule has 6 N–H and O–H groups in total. The quantitative estimate of drug-likeness (QED) is 0.0146. The largest absolute Gasteiger partial charge is 0.472 e. The van der Waals surface area contributed by atoms with Crippen LogP contribution in [0.4, 0.5) is 0 Å². The van der Waals surface area contributed by atoms with Crippen molar-refractivity contribution in [1.82, 2.24) is 0 Å². The van der Waals surface area contributed by atoms with E-state index in [0.717, 1.165) is 44.9 Å². The summed E-state index contributed by atoms with van der Waals surface area (Å²) in [5.41, 5.74) is 0. The van der Waals surface area contributed by atoms with Crippen LogP contribution in [0, 0.1) is 0 Å². The Labute approximate surface area is 369 Å². The molecule has 0 spiro atoms. The first-order valence-electron chi connectivity index (χ1n) is 24.5. The van der Waals surface area contributed by atoms with Gasteiger partial charge in [-0.05, 0) is 38.5 Å². The van der Waals surface area contributed by atoms with Gasteiger partial charge in [-0.25, -0.2) is 4.57 Å². The van der Waals surface area contributed by atoms with Crippen LogP contribution in [0.5, 0.6) is 0 Å². The van der Waals surface area contributed by atoms with Crippen LogP contribution in [0.2, 0.25) is 0 Å². The fraction of sp³-hybridized carbons (Fsp3) is 0.915. The predicted octanol–water partition coefficient (Wildman–Crippen LogP) is 9.84. The molecule has 1 saturated carbocycles. The van der Waals surface area contributed by atoms with Crippen molar-refractivity contribution in [3.8, 4) is 0 Å². The number of phosphoric acid groups is 1. The van der Waals surface area contributed by atoms with Gasteiger partial charge in [-0.1, -0.05) is 180 Å². The second kappa shape index (κ2) is 37.9. The summed E-state index contributed by atoms with van der Waals surface area (Å²) in [6, 6.07) is 0. The summed E-state index contributed by atoms with van der Waals surface area (Å²) in [4.78, 5) is 35.6. The third-order valence-corrected chi connectivity index (χ3v) is 12.6. The molecule has 0 bridgehead atoms. The maximum absolute atomic E-state index is 12.8. The van der Waals surface area contributed by atoms with Crippen molar-refractivity contribution in [3.05, 3.63) is 12.2 Å². The number of hydrogen-bond acceptors (Lipinski definition) is 12. The van der Waals surface area contributed by atoms with Crippen LogP contribution in [0.1, 0.15) is 219 Å². The summed E-state index contributed by atoms with van der Waals surface area (Å²) >= 11 is 0. The fourth-order valence-corrected chi connectivity index (χ4v) is 8.61. The number of aliphatic hydroxyl groups is 5. The highest BCUT2D eigenvalue weighted by Crippen LogP contribution is 2.47. The molecule has 61 heavy (non-hydrogen) atoms. The summed E-state index contributed by atoms with van der Waals surface area (Å²) in [5.74, 6) is -1.09. The SMILES string of the molecule is CCCCCCCCCC/C=C\CCCCCCCCCCCCCC(=O)OC(COC(=O)CCCCCCCCCCC)COP(=O)(O)OC1C(O)C(O)C(O)C(O)C1O. The zero-order valence-electron chi connectivity index (χ0n) is 38.2. The lowest BCUT2D eigenvalue weighted by Gasteiger charge is -2.41. The molecule has 0 aromatic rings. The second-order valence-electron chi connectivity index (χ2n) is 17.3. The first-order chi connectivity index (χ1) is 29.4. The highest BCUT2D eigenvalue weighted by Gasteiger charge is 2.51. The van der Waals surface area contributed by atoms with Gasteiger partial charge in [-0.15, -0.1) is 0 Å². The molecule has 0 aliphatic heterocycles. The number of aliphatic hydroxyl groups excluding tert-OH is 5. The summed E-state index contributed by atoms with van der Waals surface area (Å²) in [6.07, 6.45) is 27.2. The smallest absolute Gasteiger partial charge is 0.462 e. The minimum Gasteiger partial charge on any atom is -0.462 e. The molecule has 14 heteroatoms. The molecule has 0 amide bonds. The molecule has 6 unspecified atom stereocenters. The van der Waals surface area contributed by atoms with E-state index in [1.165, 1.54) is 135 Å². The highest BCUT2D eigenvalue weighted by atomic mass is 31.2. The molecule has 0 saturated heterocycles. The van der Waals surface area contributed by atoms with E-state index in [9.17, 15) is 44.6 Å². The van der Waals surface area contributed by atoms with E-state index in [2.05, 4.69) is 26.0 Å².